The van der Waals surface area contributed by atoms with Crippen LogP contribution in [0.4, 0.5) is 0 Å². The lowest BCUT2D eigenvalue weighted by Crippen LogP contribution is -2.20. The van der Waals surface area contributed by atoms with Crippen LogP contribution < -0.4 is 0 Å². The van der Waals surface area contributed by atoms with Gasteiger partial charge < -0.3 is 4.74 Å². The number of carbonyl (C=O) groups is 1. The van der Waals surface area contributed by atoms with Gasteiger partial charge in [-0.25, -0.2) is 0 Å². The van der Waals surface area contributed by atoms with Crippen LogP contribution in [-0.2, 0) is 9.53 Å². The fraction of sp³-hybridized carbons (Fsp3) is 0.300. The molecule has 1 rings (SSSR count). The first-order valence-electron chi connectivity index (χ1n) is 4.07. The van der Waals surface area contributed by atoms with Gasteiger partial charge in [-0.3, -0.25) is 4.79 Å². The molecule has 0 radical (unpaired) electrons. The Labute approximate surface area is 102 Å². The molecule has 76 valence electrons. The number of benzene rings is 1. The van der Waals surface area contributed by atoms with Crippen LogP contribution in [0.3, 0.4) is 0 Å². The third-order valence-corrected chi connectivity index (χ3v) is 3.96. The molecule has 0 spiro atoms. The molecule has 0 aliphatic heterocycles. The van der Waals surface area contributed by atoms with Gasteiger partial charge in [0.05, 0.1) is 12.5 Å². The van der Waals surface area contributed by atoms with E-state index in [-0.39, 0.29) is 15.3 Å². The van der Waals surface area contributed by atoms with Crippen LogP contribution in [0, 0.1) is 0 Å². The Kier molecular flexibility index (Phi) is 4.68. The number of esters is 1. The smallest absolute Gasteiger partial charge is 0.320 e. The number of carbonyl (C=O) groups excluding carboxylic acids is 1. The monoisotopic (exact) mass is 324 g/mol. The van der Waals surface area contributed by atoms with Crippen molar-refractivity contribution in [1.29, 1.82) is 0 Å². The highest BCUT2D eigenvalue weighted by Crippen LogP contribution is 2.29. The minimum Gasteiger partial charge on any atom is -0.468 e. The van der Waals surface area contributed by atoms with Crippen molar-refractivity contribution >= 4 is 40.2 Å². The molecule has 0 amide bonds. The van der Waals surface area contributed by atoms with E-state index in [0.29, 0.717) is 0 Å². The van der Waals surface area contributed by atoms with Crippen molar-refractivity contribution in [3.63, 3.8) is 0 Å². The first-order chi connectivity index (χ1) is 6.66. The van der Waals surface area contributed by atoms with E-state index in [1.165, 1.54) is 7.11 Å². The number of alkyl halides is 2. The van der Waals surface area contributed by atoms with Crippen LogP contribution in [-0.4, -0.2) is 17.0 Å². The fourth-order valence-corrected chi connectivity index (χ4v) is 1.96. The van der Waals surface area contributed by atoms with Gasteiger partial charge in [-0.1, -0.05) is 52.9 Å². The molecule has 0 heterocycles. The van der Waals surface area contributed by atoms with Gasteiger partial charge in [0.2, 0.25) is 0 Å². The zero-order valence-corrected chi connectivity index (χ0v) is 10.5. The summed E-state index contributed by atoms with van der Waals surface area (Å²) in [5.74, 6) is -0.297. The lowest BCUT2D eigenvalue weighted by atomic mass is 10.1. The number of hydrogen-bond acceptors (Lipinski definition) is 2. The number of rotatable bonds is 3. The maximum atomic E-state index is 11.2. The van der Waals surface area contributed by atoms with E-state index < -0.39 is 0 Å². The normalized spacial score (nSPS) is 14.5. The standard InChI is InChI=1S/C10H10ClIO2/c1-14-10(13)9(12)8(11)7-5-3-2-4-6-7/h2-6,8-9H,1H3. The molecular formula is C10H10ClIO2. The number of methoxy groups -OCH3 is 1. The Bertz CT molecular complexity index is 302. The van der Waals surface area contributed by atoms with Crippen molar-refractivity contribution in [3.8, 4) is 0 Å². The van der Waals surface area contributed by atoms with Crippen LogP contribution >= 0.6 is 34.2 Å². The highest BCUT2D eigenvalue weighted by Gasteiger charge is 2.25. The second-order valence-corrected chi connectivity index (χ2v) is 4.55. The summed E-state index contributed by atoms with van der Waals surface area (Å²) in [7, 11) is 1.36. The molecule has 0 saturated carbocycles. The van der Waals surface area contributed by atoms with Crippen LogP contribution in [0.25, 0.3) is 0 Å². The van der Waals surface area contributed by atoms with Crippen LogP contribution in [0.2, 0.25) is 0 Å². The highest BCUT2D eigenvalue weighted by atomic mass is 127. The van der Waals surface area contributed by atoms with Gasteiger partial charge in [-0.15, -0.1) is 11.6 Å². The summed E-state index contributed by atoms with van der Waals surface area (Å²) < 4.78 is 4.26. The van der Waals surface area contributed by atoms with Gasteiger partial charge in [0, 0.05) is 0 Å². The lowest BCUT2D eigenvalue weighted by Gasteiger charge is -2.14. The third-order valence-electron chi connectivity index (χ3n) is 1.80. The molecule has 1 aromatic rings. The van der Waals surface area contributed by atoms with E-state index in [9.17, 15) is 4.79 Å². The molecule has 0 fully saturated rings. The average Bonchev–Trinajstić information content (AvgIpc) is 2.27. The number of hydrogen-bond donors (Lipinski definition) is 0. The highest BCUT2D eigenvalue weighted by molar-refractivity contribution is 14.1. The molecule has 0 aliphatic carbocycles. The Morgan fingerprint density at radius 1 is 1.43 bits per heavy atom. The quantitative estimate of drug-likeness (QED) is 0.485. The minimum absolute atomic E-state index is 0.297. The van der Waals surface area contributed by atoms with Crippen molar-refractivity contribution in [2.24, 2.45) is 0 Å². The third kappa shape index (κ3) is 2.85. The van der Waals surface area contributed by atoms with Crippen molar-refractivity contribution in [2.45, 2.75) is 9.30 Å². The molecular weight excluding hydrogens is 314 g/mol. The summed E-state index contributed by atoms with van der Waals surface area (Å²) >= 11 is 8.11. The predicted octanol–water partition coefficient (Wildman–Crippen LogP) is 2.94. The Morgan fingerprint density at radius 2 is 2.00 bits per heavy atom. The topological polar surface area (TPSA) is 26.3 Å². The van der Waals surface area contributed by atoms with Gasteiger partial charge in [0.1, 0.15) is 3.92 Å². The molecule has 0 bridgehead atoms. The molecule has 14 heavy (non-hydrogen) atoms. The summed E-state index contributed by atoms with van der Waals surface area (Å²) in [4.78, 5) is 11.2. The largest absolute Gasteiger partial charge is 0.468 e. The summed E-state index contributed by atoms with van der Waals surface area (Å²) in [6, 6.07) is 9.49. The van der Waals surface area contributed by atoms with Crippen LogP contribution in [0.15, 0.2) is 30.3 Å². The zero-order chi connectivity index (χ0) is 10.6. The Morgan fingerprint density at radius 3 is 2.50 bits per heavy atom. The lowest BCUT2D eigenvalue weighted by molar-refractivity contribution is -0.139. The minimum atomic E-state index is -0.360. The van der Waals surface area contributed by atoms with Gasteiger partial charge in [0.15, 0.2) is 0 Å². The van der Waals surface area contributed by atoms with Crippen molar-refractivity contribution < 1.29 is 9.53 Å². The molecule has 0 aliphatic rings. The molecule has 1 aromatic carbocycles. The van der Waals surface area contributed by atoms with E-state index in [2.05, 4.69) is 4.74 Å². The molecule has 0 saturated heterocycles. The summed E-state index contributed by atoms with van der Waals surface area (Å²) in [5, 5.41) is -0.343. The first-order valence-corrected chi connectivity index (χ1v) is 5.76. The van der Waals surface area contributed by atoms with E-state index >= 15 is 0 Å². The first kappa shape index (κ1) is 11.8. The average molecular weight is 325 g/mol. The van der Waals surface area contributed by atoms with E-state index in [0.717, 1.165) is 5.56 Å². The van der Waals surface area contributed by atoms with Gasteiger partial charge in [-0.05, 0) is 5.56 Å². The fourth-order valence-electron chi connectivity index (χ4n) is 1.04. The van der Waals surface area contributed by atoms with E-state index in [4.69, 9.17) is 11.6 Å². The second-order valence-electron chi connectivity index (χ2n) is 2.74. The predicted molar refractivity (Wildman–Crippen MR) is 64.9 cm³/mol. The van der Waals surface area contributed by atoms with Gasteiger partial charge >= 0.3 is 5.97 Å². The van der Waals surface area contributed by atoms with Crippen molar-refractivity contribution in [2.75, 3.05) is 7.11 Å². The summed E-state index contributed by atoms with van der Waals surface area (Å²) in [5.41, 5.74) is 0.930. The second kappa shape index (κ2) is 5.56. The Balaban J connectivity index is 2.75. The zero-order valence-electron chi connectivity index (χ0n) is 7.61. The molecule has 2 unspecified atom stereocenters. The summed E-state index contributed by atoms with van der Waals surface area (Å²) in [6.07, 6.45) is 0. The van der Waals surface area contributed by atoms with Gasteiger partial charge in [0.25, 0.3) is 0 Å². The maximum Gasteiger partial charge on any atom is 0.320 e. The molecule has 4 heteroatoms. The Hall–Kier alpha value is -0.290. The van der Waals surface area contributed by atoms with Crippen LogP contribution in [0.5, 0.6) is 0 Å². The SMILES string of the molecule is COC(=O)C(I)C(Cl)c1ccccc1. The molecule has 0 aromatic heterocycles. The van der Waals surface area contributed by atoms with E-state index in [1.807, 2.05) is 52.9 Å². The molecule has 2 atom stereocenters. The number of ether oxygens (including phenoxy) is 1. The summed E-state index contributed by atoms with van der Waals surface area (Å²) in [6.45, 7) is 0. The molecule has 2 nitrogen and oxygen atoms in total. The van der Waals surface area contributed by atoms with Crippen LogP contribution in [0.1, 0.15) is 10.9 Å². The molecule has 0 N–H and O–H groups in total. The number of halogens is 2. The van der Waals surface area contributed by atoms with Crippen molar-refractivity contribution in [1.82, 2.24) is 0 Å². The maximum absolute atomic E-state index is 11.2. The van der Waals surface area contributed by atoms with E-state index in [1.54, 1.807) is 0 Å². The van der Waals surface area contributed by atoms with Crippen molar-refractivity contribution in [3.05, 3.63) is 35.9 Å². The van der Waals surface area contributed by atoms with Gasteiger partial charge in [-0.2, -0.15) is 0 Å².